The SMILES string of the molecule is CCOC(=O)C1=C(C)N=c2sc(=Cc3ccc(OCc4ccccc4)c(OCC)c3)c(=O)n2C1c1ccc(OC)c(OC)c1. The van der Waals surface area contributed by atoms with Gasteiger partial charge in [0.05, 0.1) is 49.3 Å². The molecule has 44 heavy (non-hydrogen) atoms. The number of methoxy groups -OCH3 is 2. The molecule has 1 unspecified atom stereocenters. The Hall–Kier alpha value is -4.83. The van der Waals surface area contributed by atoms with E-state index in [1.54, 1.807) is 39.2 Å². The lowest BCUT2D eigenvalue weighted by Gasteiger charge is -2.25. The molecule has 1 aliphatic rings. The molecule has 0 bridgehead atoms. The van der Waals surface area contributed by atoms with Gasteiger partial charge in [-0.2, -0.15) is 0 Å². The van der Waals surface area contributed by atoms with Crippen molar-refractivity contribution in [2.45, 2.75) is 33.4 Å². The Morgan fingerprint density at radius 1 is 0.909 bits per heavy atom. The summed E-state index contributed by atoms with van der Waals surface area (Å²) in [5.74, 6) is 1.66. The molecule has 3 aromatic carbocycles. The van der Waals surface area contributed by atoms with Crippen molar-refractivity contribution < 1.29 is 28.5 Å². The van der Waals surface area contributed by atoms with Crippen molar-refractivity contribution in [2.24, 2.45) is 4.99 Å². The van der Waals surface area contributed by atoms with Crippen LogP contribution < -0.4 is 33.8 Å². The quantitative estimate of drug-likeness (QED) is 0.224. The summed E-state index contributed by atoms with van der Waals surface area (Å²) in [7, 11) is 3.09. The minimum Gasteiger partial charge on any atom is -0.493 e. The Morgan fingerprint density at radius 3 is 2.36 bits per heavy atom. The third-order valence-electron chi connectivity index (χ3n) is 7.04. The van der Waals surface area contributed by atoms with Crippen molar-refractivity contribution in [3.8, 4) is 23.0 Å². The molecule has 0 amide bonds. The van der Waals surface area contributed by atoms with Crippen LogP contribution in [0.1, 0.15) is 43.5 Å². The summed E-state index contributed by atoms with van der Waals surface area (Å²) in [5, 5.41) is 0. The molecule has 1 atom stereocenters. The molecule has 1 aliphatic heterocycles. The minimum atomic E-state index is -0.778. The first-order valence-electron chi connectivity index (χ1n) is 14.2. The van der Waals surface area contributed by atoms with Gasteiger partial charge in [0, 0.05) is 0 Å². The van der Waals surface area contributed by atoms with Crippen LogP contribution in [0.3, 0.4) is 0 Å². The maximum absolute atomic E-state index is 14.0. The van der Waals surface area contributed by atoms with E-state index >= 15 is 0 Å². The summed E-state index contributed by atoms with van der Waals surface area (Å²) in [4.78, 5) is 32.4. The molecule has 2 heterocycles. The predicted molar refractivity (Wildman–Crippen MR) is 168 cm³/mol. The van der Waals surface area contributed by atoms with E-state index in [-0.39, 0.29) is 17.7 Å². The first kappa shape index (κ1) is 30.6. The third-order valence-corrected chi connectivity index (χ3v) is 8.03. The van der Waals surface area contributed by atoms with Gasteiger partial charge in [0.1, 0.15) is 6.61 Å². The molecule has 0 N–H and O–H groups in total. The van der Waals surface area contributed by atoms with Crippen molar-refractivity contribution in [3.05, 3.63) is 114 Å². The number of benzene rings is 3. The van der Waals surface area contributed by atoms with Gasteiger partial charge < -0.3 is 23.7 Å². The second-order valence-corrected chi connectivity index (χ2v) is 10.8. The van der Waals surface area contributed by atoms with Gasteiger partial charge in [-0.3, -0.25) is 9.36 Å². The Morgan fingerprint density at radius 2 is 1.66 bits per heavy atom. The molecule has 0 radical (unpaired) electrons. The predicted octanol–water partition coefficient (Wildman–Crippen LogP) is 4.79. The molecule has 4 aromatic rings. The maximum atomic E-state index is 14.0. The van der Waals surface area contributed by atoms with Crippen molar-refractivity contribution in [3.63, 3.8) is 0 Å². The monoisotopic (exact) mass is 614 g/mol. The Bertz CT molecular complexity index is 1880. The number of hydrogen-bond acceptors (Lipinski definition) is 9. The summed E-state index contributed by atoms with van der Waals surface area (Å²) >= 11 is 1.25. The summed E-state index contributed by atoms with van der Waals surface area (Å²) in [6.45, 7) is 6.43. The van der Waals surface area contributed by atoms with Crippen molar-refractivity contribution in [1.29, 1.82) is 0 Å². The van der Waals surface area contributed by atoms with Crippen molar-refractivity contribution in [2.75, 3.05) is 27.4 Å². The zero-order valence-corrected chi connectivity index (χ0v) is 26.1. The summed E-state index contributed by atoms with van der Waals surface area (Å²) in [5.41, 5.74) is 2.94. The third kappa shape index (κ3) is 6.26. The number of carbonyl (C=O) groups is 1. The number of nitrogens with zero attached hydrogens (tertiary/aromatic N) is 2. The average molecular weight is 615 g/mol. The van der Waals surface area contributed by atoms with Crippen LogP contribution in [0.4, 0.5) is 0 Å². The highest BCUT2D eigenvalue weighted by Gasteiger charge is 2.34. The van der Waals surface area contributed by atoms with Gasteiger partial charge in [0.15, 0.2) is 27.8 Å². The number of ether oxygens (including phenoxy) is 5. The van der Waals surface area contributed by atoms with Gasteiger partial charge in [0.25, 0.3) is 5.56 Å². The summed E-state index contributed by atoms with van der Waals surface area (Å²) < 4.78 is 30.3. The van der Waals surface area contributed by atoms with E-state index in [1.165, 1.54) is 23.0 Å². The van der Waals surface area contributed by atoms with Crippen LogP contribution in [0, 0.1) is 0 Å². The fourth-order valence-corrected chi connectivity index (χ4v) is 6.07. The molecule has 228 valence electrons. The van der Waals surface area contributed by atoms with E-state index in [0.717, 1.165) is 11.1 Å². The number of aromatic nitrogens is 1. The van der Waals surface area contributed by atoms with Crippen molar-refractivity contribution in [1.82, 2.24) is 4.57 Å². The standard InChI is InChI=1S/C34H34N2O7S/c1-6-41-28-17-23(13-15-26(28)43-20-22-11-9-8-10-12-22)18-29-32(37)36-31(24-14-16-25(39-4)27(19-24)40-5)30(33(38)42-7-2)21(3)35-34(36)44-29/h8-19,31H,6-7,20H2,1-5H3. The molecule has 0 spiro atoms. The van der Waals surface area contributed by atoms with Crippen molar-refractivity contribution >= 4 is 23.4 Å². The Kier molecular flexibility index (Phi) is 9.50. The van der Waals surface area contributed by atoms with Gasteiger partial charge in [-0.1, -0.05) is 53.8 Å². The lowest BCUT2D eigenvalue weighted by molar-refractivity contribution is -0.139. The second-order valence-electron chi connectivity index (χ2n) is 9.83. The normalized spacial score (nSPS) is 14.5. The van der Waals surface area contributed by atoms with E-state index in [1.807, 2.05) is 61.5 Å². The molecule has 5 rings (SSSR count). The van der Waals surface area contributed by atoms with E-state index < -0.39 is 12.0 Å². The van der Waals surface area contributed by atoms with Crippen LogP contribution in [-0.2, 0) is 16.1 Å². The summed E-state index contributed by atoms with van der Waals surface area (Å²) in [6.07, 6.45) is 1.79. The second kappa shape index (κ2) is 13.6. The zero-order chi connectivity index (χ0) is 31.2. The Balaban J connectivity index is 1.59. The minimum absolute atomic E-state index is 0.186. The van der Waals surface area contributed by atoms with E-state index in [9.17, 15) is 9.59 Å². The molecule has 9 nitrogen and oxygen atoms in total. The topological polar surface area (TPSA) is 97.6 Å². The van der Waals surface area contributed by atoms with Gasteiger partial charge in [-0.05, 0) is 67.8 Å². The van der Waals surface area contributed by atoms with E-state index in [2.05, 4.69) is 4.99 Å². The molecular weight excluding hydrogens is 580 g/mol. The smallest absolute Gasteiger partial charge is 0.338 e. The average Bonchev–Trinajstić information content (AvgIpc) is 3.33. The van der Waals surface area contributed by atoms with Crippen LogP contribution in [0.5, 0.6) is 23.0 Å². The fraction of sp³-hybridized carbons (Fsp3) is 0.265. The highest BCUT2D eigenvalue weighted by Crippen LogP contribution is 2.36. The lowest BCUT2D eigenvalue weighted by atomic mass is 9.95. The van der Waals surface area contributed by atoms with Crippen LogP contribution in [0.25, 0.3) is 6.08 Å². The molecule has 10 heteroatoms. The van der Waals surface area contributed by atoms with Gasteiger partial charge >= 0.3 is 5.97 Å². The van der Waals surface area contributed by atoms with E-state index in [4.69, 9.17) is 23.7 Å². The van der Waals surface area contributed by atoms with Gasteiger partial charge in [0.2, 0.25) is 0 Å². The van der Waals surface area contributed by atoms with Crippen LogP contribution in [-0.4, -0.2) is 38.0 Å². The summed E-state index contributed by atoms with van der Waals surface area (Å²) in [6, 6.07) is 20.0. The number of fused-ring (bicyclic) bond motifs is 1. The largest absolute Gasteiger partial charge is 0.493 e. The number of hydrogen-bond donors (Lipinski definition) is 0. The highest BCUT2D eigenvalue weighted by atomic mass is 32.1. The molecule has 0 saturated heterocycles. The molecule has 0 saturated carbocycles. The first-order valence-corrected chi connectivity index (χ1v) is 15.0. The number of esters is 1. The number of thiazole rings is 1. The number of carbonyl (C=O) groups excluding carboxylic acids is 1. The Labute approximate surface area is 259 Å². The molecule has 0 fully saturated rings. The number of rotatable bonds is 11. The molecule has 1 aromatic heterocycles. The zero-order valence-electron chi connectivity index (χ0n) is 25.3. The van der Waals surface area contributed by atoms with Crippen LogP contribution in [0.15, 0.2) is 87.8 Å². The first-order chi connectivity index (χ1) is 21.4. The van der Waals surface area contributed by atoms with E-state index in [0.29, 0.717) is 56.8 Å². The van der Waals surface area contributed by atoms with Crippen LogP contribution >= 0.6 is 11.3 Å². The van der Waals surface area contributed by atoms with Gasteiger partial charge in [-0.25, -0.2) is 9.79 Å². The maximum Gasteiger partial charge on any atom is 0.338 e. The fourth-order valence-electron chi connectivity index (χ4n) is 5.02. The molecule has 0 aliphatic carbocycles. The van der Waals surface area contributed by atoms with Crippen LogP contribution in [0.2, 0.25) is 0 Å². The lowest BCUT2D eigenvalue weighted by Crippen LogP contribution is -2.39. The highest BCUT2D eigenvalue weighted by molar-refractivity contribution is 7.07. The molecular formula is C34H34N2O7S. The number of allylic oxidation sites excluding steroid dienone is 1. The van der Waals surface area contributed by atoms with Gasteiger partial charge in [-0.15, -0.1) is 0 Å².